The van der Waals surface area contributed by atoms with E-state index in [9.17, 15) is 9.59 Å². The lowest BCUT2D eigenvalue weighted by Gasteiger charge is -2.22. The highest BCUT2D eigenvalue weighted by molar-refractivity contribution is 5.95. The molecule has 1 N–H and O–H groups in total. The number of benzene rings is 3. The van der Waals surface area contributed by atoms with Crippen molar-refractivity contribution in [1.29, 1.82) is 0 Å². The maximum atomic E-state index is 13.4. The van der Waals surface area contributed by atoms with Crippen LogP contribution >= 0.6 is 0 Å². The molecular weight excluding hydrogens is 454 g/mol. The molecule has 0 spiro atoms. The van der Waals surface area contributed by atoms with Crippen molar-refractivity contribution in [1.82, 2.24) is 15.4 Å². The van der Waals surface area contributed by atoms with Crippen LogP contribution in [0.4, 0.5) is 0 Å². The number of carbonyl (C=O) groups excluding carboxylic acids is 2. The van der Waals surface area contributed by atoms with E-state index < -0.39 is 0 Å². The van der Waals surface area contributed by atoms with Crippen molar-refractivity contribution < 1.29 is 18.8 Å². The van der Waals surface area contributed by atoms with E-state index in [0.717, 1.165) is 16.7 Å². The Bertz CT molecular complexity index is 1300. The van der Waals surface area contributed by atoms with Crippen molar-refractivity contribution in [2.24, 2.45) is 0 Å². The largest absolute Gasteiger partial charge is 0.497 e. The fraction of sp³-hybridized carbons (Fsp3) is 0.207. The Labute approximate surface area is 210 Å². The minimum atomic E-state index is -0.333. The predicted molar refractivity (Wildman–Crippen MR) is 137 cm³/mol. The van der Waals surface area contributed by atoms with Crippen molar-refractivity contribution >= 4 is 11.8 Å². The fourth-order valence-corrected chi connectivity index (χ4v) is 3.76. The maximum absolute atomic E-state index is 13.4. The summed E-state index contributed by atoms with van der Waals surface area (Å²) in [4.78, 5) is 27.7. The summed E-state index contributed by atoms with van der Waals surface area (Å²) in [5.74, 6) is 0.544. The number of nitrogens with one attached hydrogen (secondary N) is 1. The van der Waals surface area contributed by atoms with Gasteiger partial charge in [-0.1, -0.05) is 71.4 Å². The highest BCUT2D eigenvalue weighted by Gasteiger charge is 2.20. The summed E-state index contributed by atoms with van der Waals surface area (Å²) in [7, 11) is 1.57. The number of rotatable bonds is 10. The van der Waals surface area contributed by atoms with Crippen LogP contribution in [0.1, 0.15) is 43.3 Å². The van der Waals surface area contributed by atoms with Crippen LogP contribution < -0.4 is 10.1 Å². The lowest BCUT2D eigenvalue weighted by atomic mass is 10.1. The van der Waals surface area contributed by atoms with E-state index in [2.05, 4.69) is 10.5 Å². The van der Waals surface area contributed by atoms with Crippen LogP contribution in [-0.2, 0) is 19.5 Å². The lowest BCUT2D eigenvalue weighted by Crippen LogP contribution is -2.32. The van der Waals surface area contributed by atoms with Gasteiger partial charge in [-0.15, -0.1) is 0 Å². The molecule has 0 radical (unpaired) electrons. The number of carbonyl (C=O) groups is 2. The molecule has 3 aromatic carbocycles. The van der Waals surface area contributed by atoms with Crippen LogP contribution in [0.15, 0.2) is 89.5 Å². The van der Waals surface area contributed by atoms with E-state index in [1.807, 2.05) is 61.5 Å². The second-order valence-corrected chi connectivity index (χ2v) is 8.54. The van der Waals surface area contributed by atoms with Crippen molar-refractivity contribution in [3.05, 3.63) is 119 Å². The zero-order chi connectivity index (χ0) is 25.3. The standard InChI is InChI=1S/C29H29N3O4/c1-21-11-13-23(14-12-21)19-30-28(33)27-18-26(36-31-27)20-32(16-15-22-7-4-3-5-8-22)29(34)24-9-6-10-25(17-24)35-2/h3-14,17-18H,15-16,19-20H2,1-2H3,(H,30,33). The molecule has 0 unspecified atom stereocenters. The first-order chi connectivity index (χ1) is 17.5. The van der Waals surface area contributed by atoms with Gasteiger partial charge < -0.3 is 19.5 Å². The Morgan fingerprint density at radius 3 is 2.47 bits per heavy atom. The molecule has 4 rings (SSSR count). The molecule has 1 aromatic heterocycles. The molecule has 0 bridgehead atoms. The van der Waals surface area contributed by atoms with Crippen molar-refractivity contribution in [2.45, 2.75) is 26.4 Å². The second-order valence-electron chi connectivity index (χ2n) is 8.54. The van der Waals surface area contributed by atoms with E-state index in [1.165, 1.54) is 0 Å². The van der Waals surface area contributed by atoms with E-state index >= 15 is 0 Å². The van der Waals surface area contributed by atoms with Crippen molar-refractivity contribution in [3.63, 3.8) is 0 Å². The number of nitrogens with zero attached hydrogens (tertiary/aromatic N) is 2. The summed E-state index contributed by atoms with van der Waals surface area (Å²) >= 11 is 0. The molecule has 0 atom stereocenters. The molecule has 0 fully saturated rings. The zero-order valence-electron chi connectivity index (χ0n) is 20.4. The number of aromatic nitrogens is 1. The number of methoxy groups -OCH3 is 1. The van der Waals surface area contributed by atoms with Gasteiger partial charge in [0, 0.05) is 24.7 Å². The maximum Gasteiger partial charge on any atom is 0.273 e. The van der Waals surface area contributed by atoms with Crippen LogP contribution in [0.25, 0.3) is 0 Å². The molecule has 0 aliphatic carbocycles. The number of hydrogen-bond acceptors (Lipinski definition) is 5. The second kappa shape index (κ2) is 11.8. The first kappa shape index (κ1) is 24.7. The van der Waals surface area contributed by atoms with E-state index in [0.29, 0.717) is 36.6 Å². The highest BCUT2D eigenvalue weighted by atomic mass is 16.5. The van der Waals surface area contributed by atoms with Crippen LogP contribution in [0.3, 0.4) is 0 Å². The fourth-order valence-electron chi connectivity index (χ4n) is 3.76. The molecule has 1 heterocycles. The summed E-state index contributed by atoms with van der Waals surface area (Å²) < 4.78 is 10.7. The molecule has 4 aromatic rings. The third kappa shape index (κ3) is 6.60. The lowest BCUT2D eigenvalue weighted by molar-refractivity contribution is 0.0728. The molecule has 2 amide bonds. The van der Waals surface area contributed by atoms with Gasteiger partial charge in [0.2, 0.25) is 0 Å². The van der Waals surface area contributed by atoms with Gasteiger partial charge in [-0.25, -0.2) is 0 Å². The quantitative estimate of drug-likeness (QED) is 0.350. The van der Waals surface area contributed by atoms with Gasteiger partial charge in [-0.2, -0.15) is 0 Å². The van der Waals surface area contributed by atoms with Crippen LogP contribution in [0, 0.1) is 6.92 Å². The molecule has 184 valence electrons. The minimum absolute atomic E-state index is 0.161. The first-order valence-electron chi connectivity index (χ1n) is 11.8. The summed E-state index contributed by atoms with van der Waals surface area (Å²) in [6.45, 7) is 3.05. The predicted octanol–water partition coefficient (Wildman–Crippen LogP) is 4.81. The van der Waals surface area contributed by atoms with Gasteiger partial charge >= 0.3 is 0 Å². The molecule has 7 nitrogen and oxygen atoms in total. The average Bonchev–Trinajstić information content (AvgIpc) is 3.39. The normalized spacial score (nSPS) is 10.6. The summed E-state index contributed by atoms with van der Waals surface area (Å²) in [5.41, 5.74) is 3.96. The minimum Gasteiger partial charge on any atom is -0.497 e. The van der Waals surface area contributed by atoms with Gasteiger partial charge in [0.15, 0.2) is 11.5 Å². The van der Waals surface area contributed by atoms with E-state index in [1.54, 1.807) is 42.3 Å². The van der Waals surface area contributed by atoms with Gasteiger partial charge in [0.05, 0.1) is 13.7 Å². The van der Waals surface area contributed by atoms with Crippen LogP contribution in [0.2, 0.25) is 0 Å². The van der Waals surface area contributed by atoms with E-state index in [4.69, 9.17) is 9.26 Å². The Balaban J connectivity index is 1.45. The molecular formula is C29H29N3O4. The SMILES string of the molecule is COc1cccc(C(=O)N(CCc2ccccc2)Cc2cc(C(=O)NCc3ccc(C)cc3)no2)c1. The smallest absolute Gasteiger partial charge is 0.273 e. The Morgan fingerprint density at radius 2 is 1.72 bits per heavy atom. The number of amides is 2. The number of hydrogen-bond donors (Lipinski definition) is 1. The number of ether oxygens (including phenoxy) is 1. The third-order valence-electron chi connectivity index (χ3n) is 5.83. The van der Waals surface area contributed by atoms with E-state index in [-0.39, 0.29) is 24.1 Å². The first-order valence-corrected chi connectivity index (χ1v) is 11.8. The number of aryl methyl sites for hydroxylation is 1. The van der Waals surface area contributed by atoms with Crippen molar-refractivity contribution in [3.8, 4) is 5.75 Å². The average molecular weight is 484 g/mol. The van der Waals surface area contributed by atoms with Gasteiger partial charge in [0.1, 0.15) is 5.75 Å². The van der Waals surface area contributed by atoms with Crippen LogP contribution in [0.5, 0.6) is 5.75 Å². The Hall–Kier alpha value is -4.39. The summed E-state index contributed by atoms with van der Waals surface area (Å²) in [5, 5.41) is 6.78. The van der Waals surface area contributed by atoms with Gasteiger partial charge in [0.25, 0.3) is 11.8 Å². The van der Waals surface area contributed by atoms with Gasteiger partial charge in [-0.05, 0) is 42.7 Å². The van der Waals surface area contributed by atoms with Crippen LogP contribution in [-0.4, -0.2) is 35.5 Å². The molecule has 0 aliphatic rings. The zero-order valence-corrected chi connectivity index (χ0v) is 20.4. The van der Waals surface area contributed by atoms with Crippen molar-refractivity contribution in [2.75, 3.05) is 13.7 Å². The molecule has 0 aliphatic heterocycles. The molecule has 36 heavy (non-hydrogen) atoms. The third-order valence-corrected chi connectivity index (χ3v) is 5.83. The summed E-state index contributed by atoms with van der Waals surface area (Å²) in [6, 6.07) is 26.5. The highest BCUT2D eigenvalue weighted by Crippen LogP contribution is 2.17. The molecule has 0 saturated carbocycles. The monoisotopic (exact) mass is 483 g/mol. The summed E-state index contributed by atoms with van der Waals surface area (Å²) in [6.07, 6.45) is 0.675. The molecule has 0 saturated heterocycles. The topological polar surface area (TPSA) is 84.7 Å². The van der Waals surface area contributed by atoms with Gasteiger partial charge in [-0.3, -0.25) is 9.59 Å². The molecule has 7 heteroatoms. The Morgan fingerprint density at radius 1 is 0.944 bits per heavy atom. The Kier molecular flexibility index (Phi) is 8.13.